The van der Waals surface area contributed by atoms with Gasteiger partial charge in [-0.05, 0) is 32.9 Å². The molecule has 142 valence electrons. The van der Waals surface area contributed by atoms with E-state index in [0.29, 0.717) is 24.8 Å². The number of rotatable bonds is 7. The molecule has 6 nitrogen and oxygen atoms in total. The summed E-state index contributed by atoms with van der Waals surface area (Å²) in [5.41, 5.74) is -0.559. The largest absolute Gasteiger partial charge is 0.489 e. The first kappa shape index (κ1) is 23.4. The summed E-state index contributed by atoms with van der Waals surface area (Å²) in [7, 11) is 3.27. The summed E-state index contributed by atoms with van der Waals surface area (Å²) in [5, 5.41) is 8.88. The third-order valence-electron chi connectivity index (χ3n) is 3.45. The Bertz CT molecular complexity index is 582. The third-order valence-corrected chi connectivity index (χ3v) is 3.45. The molecule has 0 aliphatic heterocycles. The first-order valence-electron chi connectivity index (χ1n) is 7.87. The minimum atomic E-state index is -0.559. The first-order chi connectivity index (χ1) is 11.3. The molecule has 0 spiro atoms. The number of aliphatic imine (C=N–C) groups is 1. The average Bonchev–Trinajstić information content (AvgIpc) is 2.54. The molecule has 1 aromatic rings. The molecule has 8 heteroatoms. The molecule has 0 aromatic heterocycles. The van der Waals surface area contributed by atoms with Crippen LogP contribution in [0.25, 0.3) is 0 Å². The van der Waals surface area contributed by atoms with Crippen LogP contribution in [0.5, 0.6) is 5.75 Å². The lowest BCUT2D eigenvalue weighted by molar-refractivity contribution is -0.128. The Morgan fingerprint density at radius 2 is 2.04 bits per heavy atom. The van der Waals surface area contributed by atoms with Gasteiger partial charge in [0.1, 0.15) is 17.7 Å². The van der Waals surface area contributed by atoms with Crippen molar-refractivity contribution in [2.24, 2.45) is 10.4 Å². The van der Waals surface area contributed by atoms with E-state index < -0.39 is 5.41 Å². The Morgan fingerprint density at radius 3 is 2.60 bits per heavy atom. The number of halogens is 2. The molecule has 0 saturated heterocycles. The van der Waals surface area contributed by atoms with Crippen LogP contribution in [-0.4, -0.2) is 45.2 Å². The number of nitrogens with one attached hydrogen (secondary N) is 3. The average molecular weight is 466 g/mol. The highest BCUT2D eigenvalue weighted by Crippen LogP contribution is 2.14. The maximum absolute atomic E-state index is 13.1. The molecule has 0 aliphatic carbocycles. The number of carbonyl (C=O) groups is 1. The van der Waals surface area contributed by atoms with Crippen LogP contribution < -0.4 is 20.7 Å². The van der Waals surface area contributed by atoms with Crippen LogP contribution in [0.3, 0.4) is 0 Å². The van der Waals surface area contributed by atoms with Crippen molar-refractivity contribution in [2.75, 3.05) is 27.2 Å². The monoisotopic (exact) mass is 466 g/mol. The first-order valence-corrected chi connectivity index (χ1v) is 7.87. The van der Waals surface area contributed by atoms with E-state index in [-0.39, 0.29) is 41.8 Å². The lowest BCUT2D eigenvalue weighted by atomic mass is 9.92. The van der Waals surface area contributed by atoms with E-state index >= 15 is 0 Å². The van der Waals surface area contributed by atoms with Gasteiger partial charge in [0.15, 0.2) is 5.96 Å². The fourth-order valence-corrected chi connectivity index (χ4v) is 2.00. The quantitative estimate of drug-likeness (QED) is 0.327. The van der Waals surface area contributed by atoms with Crippen LogP contribution in [-0.2, 0) is 4.79 Å². The molecule has 0 bridgehead atoms. The van der Waals surface area contributed by atoms with Gasteiger partial charge in [-0.25, -0.2) is 4.39 Å². The molecule has 25 heavy (non-hydrogen) atoms. The van der Waals surface area contributed by atoms with Crippen molar-refractivity contribution in [2.45, 2.75) is 26.9 Å². The lowest BCUT2D eigenvalue weighted by Gasteiger charge is -2.24. The zero-order valence-corrected chi connectivity index (χ0v) is 17.7. The van der Waals surface area contributed by atoms with Crippen molar-refractivity contribution in [3.63, 3.8) is 0 Å². The standard InChI is InChI=1S/C17H27FN4O2.HI/c1-12(24-14-8-6-7-13(18)9-14)10-21-16(20-5)22-11-17(2,3)15(23)19-4;/h6-9,12H,10-11H2,1-5H3,(H,19,23)(H2,20,21,22);1H. The van der Waals surface area contributed by atoms with Crippen LogP contribution in [0.1, 0.15) is 20.8 Å². The number of ether oxygens (including phenoxy) is 1. The van der Waals surface area contributed by atoms with E-state index in [1.165, 1.54) is 12.1 Å². The Labute approximate surface area is 166 Å². The molecule has 0 heterocycles. The minimum absolute atomic E-state index is 0. The van der Waals surface area contributed by atoms with Crippen molar-refractivity contribution in [3.8, 4) is 5.75 Å². The van der Waals surface area contributed by atoms with E-state index in [0.717, 1.165) is 0 Å². The van der Waals surface area contributed by atoms with E-state index in [9.17, 15) is 9.18 Å². The molecule has 0 aliphatic rings. The lowest BCUT2D eigenvalue weighted by Crippen LogP contribution is -2.48. The molecule has 3 N–H and O–H groups in total. The number of hydrogen-bond donors (Lipinski definition) is 3. The van der Waals surface area contributed by atoms with Gasteiger partial charge in [0, 0.05) is 26.7 Å². The maximum Gasteiger partial charge on any atom is 0.227 e. The number of amides is 1. The molecule has 1 atom stereocenters. The number of hydrogen-bond acceptors (Lipinski definition) is 3. The van der Waals surface area contributed by atoms with Gasteiger partial charge in [-0.3, -0.25) is 9.79 Å². The van der Waals surface area contributed by atoms with Gasteiger partial charge >= 0.3 is 0 Å². The third kappa shape index (κ3) is 8.37. The van der Waals surface area contributed by atoms with Gasteiger partial charge in [0.05, 0.1) is 12.0 Å². The van der Waals surface area contributed by atoms with Crippen LogP contribution in [0.4, 0.5) is 4.39 Å². The van der Waals surface area contributed by atoms with Crippen molar-refractivity contribution in [1.82, 2.24) is 16.0 Å². The van der Waals surface area contributed by atoms with E-state index in [1.54, 1.807) is 26.2 Å². The van der Waals surface area contributed by atoms with Gasteiger partial charge in [-0.15, -0.1) is 24.0 Å². The second kappa shape index (κ2) is 11.1. The molecule has 1 aromatic carbocycles. The maximum atomic E-state index is 13.1. The molecule has 0 saturated carbocycles. The van der Waals surface area contributed by atoms with Crippen LogP contribution in [0.2, 0.25) is 0 Å². The summed E-state index contributed by atoms with van der Waals surface area (Å²) < 4.78 is 18.8. The molecular formula is C17H28FIN4O2. The van der Waals surface area contributed by atoms with Crippen molar-refractivity contribution in [3.05, 3.63) is 30.1 Å². The molecule has 0 radical (unpaired) electrons. The second-order valence-corrected chi connectivity index (χ2v) is 6.16. The van der Waals surface area contributed by atoms with Crippen LogP contribution in [0, 0.1) is 11.2 Å². The summed E-state index contributed by atoms with van der Waals surface area (Å²) in [6.07, 6.45) is -0.183. The van der Waals surface area contributed by atoms with E-state index in [1.807, 2.05) is 20.8 Å². The minimum Gasteiger partial charge on any atom is -0.489 e. The predicted molar refractivity (Wildman–Crippen MR) is 109 cm³/mol. The van der Waals surface area contributed by atoms with Gasteiger partial charge < -0.3 is 20.7 Å². The van der Waals surface area contributed by atoms with Gasteiger partial charge in [-0.2, -0.15) is 0 Å². The highest BCUT2D eigenvalue weighted by Gasteiger charge is 2.26. The topological polar surface area (TPSA) is 74.8 Å². The summed E-state index contributed by atoms with van der Waals surface area (Å²) in [5.74, 6) is 0.671. The smallest absolute Gasteiger partial charge is 0.227 e. The predicted octanol–water partition coefficient (Wildman–Crippen LogP) is 2.15. The van der Waals surface area contributed by atoms with Gasteiger partial charge in [0.2, 0.25) is 5.91 Å². The van der Waals surface area contributed by atoms with Crippen molar-refractivity contribution >= 4 is 35.8 Å². The van der Waals surface area contributed by atoms with E-state index in [4.69, 9.17) is 4.74 Å². The Kier molecular flexibility index (Phi) is 10.4. The Hall–Kier alpha value is -1.58. The summed E-state index contributed by atoms with van der Waals surface area (Å²) in [4.78, 5) is 15.9. The van der Waals surface area contributed by atoms with Gasteiger partial charge in [-0.1, -0.05) is 6.07 Å². The summed E-state index contributed by atoms with van der Waals surface area (Å²) >= 11 is 0. The second-order valence-electron chi connectivity index (χ2n) is 6.16. The molecule has 0 fully saturated rings. The van der Waals surface area contributed by atoms with Gasteiger partial charge in [0.25, 0.3) is 0 Å². The molecular weight excluding hydrogens is 438 g/mol. The van der Waals surface area contributed by atoms with E-state index in [2.05, 4.69) is 20.9 Å². The van der Waals surface area contributed by atoms with Crippen LogP contribution >= 0.6 is 24.0 Å². The summed E-state index contributed by atoms with van der Waals surface area (Å²) in [6.45, 7) is 6.49. The fourth-order valence-electron chi connectivity index (χ4n) is 2.00. The zero-order valence-electron chi connectivity index (χ0n) is 15.4. The van der Waals surface area contributed by atoms with Crippen LogP contribution in [0.15, 0.2) is 29.3 Å². The number of carbonyl (C=O) groups excluding carboxylic acids is 1. The highest BCUT2D eigenvalue weighted by atomic mass is 127. The zero-order chi connectivity index (χ0) is 18.2. The summed E-state index contributed by atoms with van der Waals surface area (Å²) in [6, 6.07) is 6.02. The van der Waals surface area contributed by atoms with Crippen molar-refractivity contribution in [1.29, 1.82) is 0 Å². The molecule has 1 rings (SSSR count). The SMILES string of the molecule is CN=C(NCC(C)Oc1cccc(F)c1)NCC(C)(C)C(=O)NC.I. The normalized spacial score (nSPS) is 12.6. The Morgan fingerprint density at radius 1 is 1.36 bits per heavy atom. The number of guanidine groups is 1. The number of nitrogens with zero attached hydrogens (tertiary/aromatic N) is 1. The van der Waals surface area contributed by atoms with Crippen molar-refractivity contribution < 1.29 is 13.9 Å². The highest BCUT2D eigenvalue weighted by molar-refractivity contribution is 14.0. The Balaban J connectivity index is 0.00000576. The molecule has 1 unspecified atom stereocenters. The molecule has 1 amide bonds. The number of benzene rings is 1. The fraction of sp³-hybridized carbons (Fsp3) is 0.529.